The number of ether oxygens (including phenoxy) is 1. The molecule has 0 aliphatic rings. The van der Waals surface area contributed by atoms with Crippen molar-refractivity contribution in [1.29, 1.82) is 0 Å². The van der Waals surface area contributed by atoms with E-state index in [0.29, 0.717) is 19.4 Å². The minimum Gasteiger partial charge on any atom is -0.395 e. The fourth-order valence-corrected chi connectivity index (χ4v) is 3.03. The molecule has 1 aromatic carbocycles. The topological polar surface area (TPSA) is 75.6 Å². The van der Waals surface area contributed by atoms with Crippen LogP contribution in [0.2, 0.25) is 0 Å². The van der Waals surface area contributed by atoms with E-state index >= 15 is 0 Å². The molecule has 0 aliphatic heterocycles. The summed E-state index contributed by atoms with van der Waals surface area (Å²) >= 11 is 0. The highest BCUT2D eigenvalue weighted by atomic mass is 32.2. The molecule has 1 rings (SSSR count). The second kappa shape index (κ2) is 8.27. The number of hydrogen-bond acceptors (Lipinski definition) is 4. The van der Waals surface area contributed by atoms with Crippen molar-refractivity contribution in [3.05, 3.63) is 35.9 Å². The van der Waals surface area contributed by atoms with E-state index in [2.05, 4.69) is 4.72 Å². The van der Waals surface area contributed by atoms with Crippen molar-refractivity contribution >= 4 is 10.0 Å². The minimum atomic E-state index is -3.38. The monoisotopic (exact) mass is 287 g/mol. The molecule has 1 unspecified atom stereocenters. The molecule has 0 bridgehead atoms. The van der Waals surface area contributed by atoms with Crippen molar-refractivity contribution in [2.45, 2.75) is 18.9 Å². The number of benzene rings is 1. The van der Waals surface area contributed by atoms with Gasteiger partial charge in [0.2, 0.25) is 10.0 Å². The van der Waals surface area contributed by atoms with Crippen molar-refractivity contribution in [3.63, 3.8) is 0 Å². The Morgan fingerprint density at radius 1 is 1.32 bits per heavy atom. The number of nitrogens with one attached hydrogen (secondary N) is 1. The van der Waals surface area contributed by atoms with Crippen LogP contribution in [-0.4, -0.2) is 45.6 Å². The fourth-order valence-electron chi connectivity index (χ4n) is 1.75. The second-order valence-corrected chi connectivity index (χ2v) is 6.23. The Kier molecular flexibility index (Phi) is 7.01. The van der Waals surface area contributed by atoms with Gasteiger partial charge in [0, 0.05) is 19.8 Å². The zero-order chi connectivity index (χ0) is 14.1. The number of rotatable bonds is 9. The standard InChI is InChI=1S/C13H21NO4S/c1-18-8-5-9-19(16,17)14-13(11-15)10-12-6-3-2-4-7-12/h2-4,6-7,13-15H,5,8-11H2,1H3. The van der Waals surface area contributed by atoms with Gasteiger partial charge >= 0.3 is 0 Å². The summed E-state index contributed by atoms with van der Waals surface area (Å²) in [5.74, 6) is 0.00608. The Hall–Kier alpha value is -0.950. The van der Waals surface area contributed by atoms with E-state index in [9.17, 15) is 13.5 Å². The average molecular weight is 287 g/mol. The third-order valence-corrected chi connectivity index (χ3v) is 4.17. The maximum Gasteiger partial charge on any atom is 0.212 e. The van der Waals surface area contributed by atoms with Gasteiger partial charge in [-0.2, -0.15) is 0 Å². The van der Waals surface area contributed by atoms with E-state index in [0.717, 1.165) is 5.56 Å². The van der Waals surface area contributed by atoms with Gasteiger partial charge in [0.25, 0.3) is 0 Å². The van der Waals surface area contributed by atoms with Gasteiger partial charge in [-0.1, -0.05) is 30.3 Å². The van der Waals surface area contributed by atoms with Crippen molar-refractivity contribution in [3.8, 4) is 0 Å². The first kappa shape index (κ1) is 16.1. The van der Waals surface area contributed by atoms with E-state index in [-0.39, 0.29) is 12.4 Å². The zero-order valence-electron chi connectivity index (χ0n) is 11.1. The maximum atomic E-state index is 11.8. The van der Waals surface area contributed by atoms with Gasteiger partial charge in [-0.25, -0.2) is 13.1 Å². The second-order valence-electron chi connectivity index (χ2n) is 4.35. The molecule has 0 saturated heterocycles. The molecule has 0 radical (unpaired) electrons. The highest BCUT2D eigenvalue weighted by Gasteiger charge is 2.17. The van der Waals surface area contributed by atoms with Crippen LogP contribution >= 0.6 is 0 Å². The van der Waals surface area contributed by atoms with Crippen LogP contribution in [0.4, 0.5) is 0 Å². The van der Waals surface area contributed by atoms with E-state index in [4.69, 9.17) is 4.74 Å². The van der Waals surface area contributed by atoms with Crippen molar-refractivity contribution < 1.29 is 18.3 Å². The zero-order valence-corrected chi connectivity index (χ0v) is 11.9. The highest BCUT2D eigenvalue weighted by Crippen LogP contribution is 2.04. The van der Waals surface area contributed by atoms with Gasteiger partial charge in [-0.05, 0) is 18.4 Å². The molecule has 0 heterocycles. The molecule has 0 amide bonds. The van der Waals surface area contributed by atoms with Crippen LogP contribution in [0.1, 0.15) is 12.0 Å². The molecule has 2 N–H and O–H groups in total. The van der Waals surface area contributed by atoms with E-state index in [1.165, 1.54) is 7.11 Å². The van der Waals surface area contributed by atoms with Gasteiger partial charge in [0.1, 0.15) is 0 Å². The number of sulfonamides is 1. The van der Waals surface area contributed by atoms with E-state index in [1.807, 2.05) is 30.3 Å². The Bertz CT molecular complexity index is 447. The molecule has 0 spiro atoms. The molecule has 0 aliphatic carbocycles. The molecule has 0 saturated carbocycles. The first-order valence-corrected chi connectivity index (χ1v) is 7.86. The quantitative estimate of drug-likeness (QED) is 0.650. The van der Waals surface area contributed by atoms with Crippen molar-refractivity contribution in [2.24, 2.45) is 0 Å². The molecule has 6 heteroatoms. The third kappa shape index (κ3) is 6.68. The lowest BCUT2D eigenvalue weighted by molar-refractivity contribution is 0.199. The number of aliphatic hydroxyl groups excluding tert-OH is 1. The third-order valence-electron chi connectivity index (χ3n) is 2.65. The Morgan fingerprint density at radius 2 is 2.00 bits per heavy atom. The summed E-state index contributed by atoms with van der Waals surface area (Å²) in [6, 6.07) is 8.99. The Labute approximate surface area is 114 Å². The van der Waals surface area contributed by atoms with Gasteiger partial charge < -0.3 is 9.84 Å². The lowest BCUT2D eigenvalue weighted by atomic mass is 10.1. The molecule has 108 valence electrons. The predicted molar refractivity (Wildman–Crippen MR) is 74.4 cm³/mol. The summed E-state index contributed by atoms with van der Waals surface area (Å²) in [6.07, 6.45) is 0.913. The molecular weight excluding hydrogens is 266 g/mol. The molecule has 0 aromatic heterocycles. The molecule has 0 fully saturated rings. The Balaban J connectivity index is 2.52. The van der Waals surface area contributed by atoms with Crippen LogP contribution in [0.3, 0.4) is 0 Å². The summed E-state index contributed by atoms with van der Waals surface area (Å²) < 4.78 is 30.9. The van der Waals surface area contributed by atoms with E-state index in [1.54, 1.807) is 0 Å². The van der Waals surface area contributed by atoms with Crippen LogP contribution in [0.15, 0.2) is 30.3 Å². The lowest BCUT2D eigenvalue weighted by Gasteiger charge is -2.16. The summed E-state index contributed by atoms with van der Waals surface area (Å²) in [5.41, 5.74) is 0.987. The van der Waals surface area contributed by atoms with Crippen LogP contribution < -0.4 is 4.72 Å². The van der Waals surface area contributed by atoms with Gasteiger partial charge in [0.15, 0.2) is 0 Å². The van der Waals surface area contributed by atoms with Crippen LogP contribution in [0.5, 0.6) is 0 Å². The molecular formula is C13H21NO4S. The summed E-state index contributed by atoms with van der Waals surface area (Å²) in [4.78, 5) is 0. The van der Waals surface area contributed by atoms with Crippen LogP contribution in [0.25, 0.3) is 0 Å². The van der Waals surface area contributed by atoms with Gasteiger partial charge in [-0.3, -0.25) is 0 Å². The average Bonchev–Trinajstić information content (AvgIpc) is 2.39. The normalized spacial score (nSPS) is 13.4. The van der Waals surface area contributed by atoms with Gasteiger partial charge in [-0.15, -0.1) is 0 Å². The largest absolute Gasteiger partial charge is 0.395 e. The minimum absolute atomic E-state index is 0.00608. The molecule has 1 aromatic rings. The summed E-state index contributed by atoms with van der Waals surface area (Å²) in [5, 5.41) is 9.27. The molecule has 5 nitrogen and oxygen atoms in total. The van der Waals surface area contributed by atoms with Crippen LogP contribution in [0, 0.1) is 0 Å². The predicted octanol–water partition coefficient (Wildman–Crippen LogP) is 0.546. The first-order chi connectivity index (χ1) is 9.07. The van der Waals surface area contributed by atoms with Crippen molar-refractivity contribution in [1.82, 2.24) is 4.72 Å². The molecule has 1 atom stereocenters. The Morgan fingerprint density at radius 3 is 2.58 bits per heavy atom. The first-order valence-electron chi connectivity index (χ1n) is 6.21. The SMILES string of the molecule is COCCCS(=O)(=O)NC(CO)Cc1ccccc1. The number of methoxy groups -OCH3 is 1. The van der Waals surface area contributed by atoms with E-state index < -0.39 is 16.1 Å². The summed E-state index contributed by atoms with van der Waals surface area (Å²) in [6.45, 7) is 0.182. The number of hydrogen-bond donors (Lipinski definition) is 2. The highest BCUT2D eigenvalue weighted by molar-refractivity contribution is 7.89. The lowest BCUT2D eigenvalue weighted by Crippen LogP contribution is -2.40. The summed E-state index contributed by atoms with van der Waals surface area (Å²) in [7, 11) is -1.84. The van der Waals surface area contributed by atoms with Crippen LogP contribution in [-0.2, 0) is 21.2 Å². The van der Waals surface area contributed by atoms with Crippen molar-refractivity contribution in [2.75, 3.05) is 26.1 Å². The molecule has 19 heavy (non-hydrogen) atoms. The fraction of sp³-hybridized carbons (Fsp3) is 0.538. The smallest absolute Gasteiger partial charge is 0.212 e. The number of aliphatic hydroxyl groups is 1. The maximum absolute atomic E-state index is 11.8. The van der Waals surface area contributed by atoms with Gasteiger partial charge in [0.05, 0.1) is 12.4 Å².